The first kappa shape index (κ1) is 63.0. The Balaban J connectivity index is 4.31. The first-order chi connectivity index (χ1) is 31.5. The average Bonchev–Trinajstić information content (AvgIpc) is 3.26. The molecule has 0 saturated heterocycles. The van der Waals surface area contributed by atoms with Crippen LogP contribution in [0.4, 0.5) is 0 Å². The Labute approximate surface area is 401 Å². The van der Waals surface area contributed by atoms with Crippen molar-refractivity contribution in [2.45, 2.75) is 245 Å². The Bertz CT molecular complexity index is 1240. The lowest BCUT2D eigenvalue weighted by Crippen LogP contribution is -2.37. The number of phosphoric ester groups is 1. The van der Waals surface area contributed by atoms with Crippen molar-refractivity contribution >= 4 is 19.8 Å². The normalized spacial score (nSPS) is 13.8. The molecule has 2 atom stereocenters. The fraction of sp³-hybridized carbons (Fsp3) is 0.818. The number of hydrogen-bond donors (Lipinski definition) is 0. The molecule has 0 aromatic rings. The predicted octanol–water partition coefficient (Wildman–Crippen LogP) is 15.6. The highest BCUT2D eigenvalue weighted by atomic mass is 31.2. The Hall–Kier alpha value is -2.03. The summed E-state index contributed by atoms with van der Waals surface area (Å²) in [5.41, 5.74) is 0. The highest BCUT2D eigenvalue weighted by Crippen LogP contribution is 2.38. The standard InChI is InChI=1S/C55H102NO8P/c1-6-8-10-12-14-16-18-20-22-24-26-28-30-32-34-36-38-40-42-44-46-48-55(58)64-53(52-63-65(59,60)62-50-49-56(3,4)5)51-61-54(57)47-45-43-41-39-37-35-33-31-29-27-25-23-21-19-17-15-13-11-9-7-2/h22,24,28,30,34,36,40,42,53H,6-21,23,25-27,29,31-33,35,37-39,41,43-52H2,1-5H3/b24-22+,30-28+,36-34+,42-40+/t53-/m1/s1. The molecule has 0 aliphatic carbocycles. The van der Waals surface area contributed by atoms with E-state index in [0.29, 0.717) is 23.9 Å². The van der Waals surface area contributed by atoms with Gasteiger partial charge in [-0.25, -0.2) is 0 Å². The molecule has 9 nitrogen and oxygen atoms in total. The molecular weight excluding hydrogens is 834 g/mol. The lowest BCUT2D eigenvalue weighted by molar-refractivity contribution is -0.870. The minimum Gasteiger partial charge on any atom is -0.756 e. The molecule has 0 spiro atoms. The molecule has 10 heteroatoms. The van der Waals surface area contributed by atoms with Gasteiger partial charge in [0.15, 0.2) is 6.10 Å². The van der Waals surface area contributed by atoms with Crippen LogP contribution in [-0.4, -0.2) is 70.0 Å². The van der Waals surface area contributed by atoms with Crippen molar-refractivity contribution in [2.75, 3.05) is 47.5 Å². The zero-order chi connectivity index (χ0) is 47.8. The number of esters is 2. The molecule has 0 aromatic carbocycles. The summed E-state index contributed by atoms with van der Waals surface area (Å²) in [6.45, 7) is 4.20. The van der Waals surface area contributed by atoms with Crippen LogP contribution in [0, 0.1) is 0 Å². The highest BCUT2D eigenvalue weighted by Gasteiger charge is 2.21. The van der Waals surface area contributed by atoms with E-state index in [4.69, 9.17) is 18.5 Å². The van der Waals surface area contributed by atoms with E-state index in [1.54, 1.807) is 0 Å². The molecule has 1 unspecified atom stereocenters. The van der Waals surface area contributed by atoms with Gasteiger partial charge in [-0.3, -0.25) is 14.2 Å². The summed E-state index contributed by atoms with van der Waals surface area (Å²) in [5.74, 6) is -0.891. The number of allylic oxidation sites excluding steroid dienone is 8. The number of rotatable bonds is 49. The average molecular weight is 936 g/mol. The third-order valence-electron chi connectivity index (χ3n) is 11.6. The second-order valence-corrected chi connectivity index (χ2v) is 20.7. The van der Waals surface area contributed by atoms with Crippen LogP contribution >= 0.6 is 7.82 Å². The molecule has 380 valence electrons. The van der Waals surface area contributed by atoms with E-state index in [1.807, 2.05) is 27.2 Å². The van der Waals surface area contributed by atoms with Gasteiger partial charge in [0.05, 0.1) is 27.7 Å². The first-order valence-electron chi connectivity index (χ1n) is 26.8. The van der Waals surface area contributed by atoms with Gasteiger partial charge in [-0.05, 0) is 51.4 Å². The summed E-state index contributed by atoms with van der Waals surface area (Å²) in [5, 5.41) is 0. The lowest BCUT2D eigenvalue weighted by atomic mass is 10.0. The molecular formula is C55H102NO8P. The monoisotopic (exact) mass is 936 g/mol. The first-order valence-corrected chi connectivity index (χ1v) is 28.3. The van der Waals surface area contributed by atoms with Gasteiger partial charge in [0.2, 0.25) is 0 Å². The van der Waals surface area contributed by atoms with E-state index in [2.05, 4.69) is 56.4 Å². The van der Waals surface area contributed by atoms with E-state index in [9.17, 15) is 19.0 Å². The maximum Gasteiger partial charge on any atom is 0.306 e. The number of hydrogen-bond acceptors (Lipinski definition) is 8. The maximum absolute atomic E-state index is 12.7. The van der Waals surface area contributed by atoms with Crippen LogP contribution in [0.5, 0.6) is 0 Å². The van der Waals surface area contributed by atoms with E-state index in [1.165, 1.54) is 161 Å². The molecule has 0 bridgehead atoms. The van der Waals surface area contributed by atoms with Crippen LogP contribution in [0.3, 0.4) is 0 Å². The highest BCUT2D eigenvalue weighted by molar-refractivity contribution is 7.45. The van der Waals surface area contributed by atoms with E-state index < -0.39 is 32.5 Å². The molecule has 0 radical (unpaired) electrons. The third kappa shape index (κ3) is 51.2. The van der Waals surface area contributed by atoms with Gasteiger partial charge >= 0.3 is 11.9 Å². The molecule has 65 heavy (non-hydrogen) atoms. The predicted molar refractivity (Wildman–Crippen MR) is 273 cm³/mol. The SMILES string of the molecule is CCCCCCCCC/C=C/C/C=C/C/C=C/C/C=C/CCCC(=O)O[C@H](COC(=O)CCCCCCCCCCCCCCCCCCCCCC)COP(=O)([O-])OCC[N+](C)(C)C. The maximum atomic E-state index is 12.7. The Morgan fingerprint density at radius 2 is 0.846 bits per heavy atom. The molecule has 0 aliphatic heterocycles. The van der Waals surface area contributed by atoms with Gasteiger partial charge in [-0.15, -0.1) is 0 Å². The lowest BCUT2D eigenvalue weighted by Gasteiger charge is -2.28. The van der Waals surface area contributed by atoms with Gasteiger partial charge in [0.25, 0.3) is 7.82 Å². The largest absolute Gasteiger partial charge is 0.756 e. The van der Waals surface area contributed by atoms with Crippen LogP contribution in [0.15, 0.2) is 48.6 Å². The van der Waals surface area contributed by atoms with Crippen LogP contribution < -0.4 is 4.89 Å². The van der Waals surface area contributed by atoms with Crippen LogP contribution in [-0.2, 0) is 32.7 Å². The number of quaternary nitrogens is 1. The van der Waals surface area contributed by atoms with Gasteiger partial charge in [-0.2, -0.15) is 0 Å². The molecule has 0 saturated carbocycles. The smallest absolute Gasteiger partial charge is 0.306 e. The van der Waals surface area contributed by atoms with Crippen molar-refractivity contribution in [1.29, 1.82) is 0 Å². The summed E-state index contributed by atoms with van der Waals surface area (Å²) in [4.78, 5) is 37.7. The van der Waals surface area contributed by atoms with E-state index in [-0.39, 0.29) is 26.1 Å². The van der Waals surface area contributed by atoms with Gasteiger partial charge in [0, 0.05) is 12.8 Å². The number of carbonyl (C=O) groups is 2. The zero-order valence-electron chi connectivity index (χ0n) is 42.9. The number of nitrogens with zero attached hydrogens (tertiary/aromatic N) is 1. The number of phosphoric acid groups is 1. The minimum absolute atomic E-state index is 0.0408. The topological polar surface area (TPSA) is 111 Å². The Morgan fingerprint density at radius 3 is 1.28 bits per heavy atom. The van der Waals surface area contributed by atoms with Crippen LogP contribution in [0.1, 0.15) is 239 Å². The van der Waals surface area contributed by atoms with Crippen molar-refractivity contribution in [3.63, 3.8) is 0 Å². The van der Waals surface area contributed by atoms with Gasteiger partial charge in [0.1, 0.15) is 19.8 Å². The van der Waals surface area contributed by atoms with Crippen molar-refractivity contribution < 1.29 is 42.1 Å². The molecule has 0 aromatic heterocycles. The fourth-order valence-corrected chi connectivity index (χ4v) is 8.14. The summed E-state index contributed by atoms with van der Waals surface area (Å²) >= 11 is 0. The number of ether oxygens (including phenoxy) is 2. The summed E-state index contributed by atoms with van der Waals surface area (Å²) in [6.07, 6.45) is 57.3. The zero-order valence-corrected chi connectivity index (χ0v) is 43.8. The van der Waals surface area contributed by atoms with E-state index >= 15 is 0 Å². The van der Waals surface area contributed by atoms with Crippen molar-refractivity contribution in [3.8, 4) is 0 Å². The Kier molecular flexibility index (Phi) is 45.6. The van der Waals surface area contributed by atoms with Crippen molar-refractivity contribution in [3.05, 3.63) is 48.6 Å². The van der Waals surface area contributed by atoms with Crippen molar-refractivity contribution in [2.24, 2.45) is 0 Å². The van der Waals surface area contributed by atoms with Gasteiger partial charge < -0.3 is 27.9 Å². The molecule has 0 N–H and O–H groups in total. The van der Waals surface area contributed by atoms with Crippen molar-refractivity contribution in [1.82, 2.24) is 0 Å². The van der Waals surface area contributed by atoms with Gasteiger partial charge in [-0.1, -0.05) is 223 Å². The second kappa shape index (κ2) is 47.1. The summed E-state index contributed by atoms with van der Waals surface area (Å²) in [6, 6.07) is 0. The molecule has 0 aliphatic rings. The molecule has 0 fully saturated rings. The quantitative estimate of drug-likeness (QED) is 0.0195. The summed E-state index contributed by atoms with van der Waals surface area (Å²) in [7, 11) is 1.14. The van der Waals surface area contributed by atoms with Crippen LogP contribution in [0.2, 0.25) is 0 Å². The molecule has 0 heterocycles. The third-order valence-corrected chi connectivity index (χ3v) is 12.6. The summed E-state index contributed by atoms with van der Waals surface area (Å²) < 4.78 is 34.0. The van der Waals surface area contributed by atoms with E-state index in [0.717, 1.165) is 38.5 Å². The Morgan fingerprint density at radius 1 is 0.477 bits per heavy atom. The van der Waals surface area contributed by atoms with Crippen LogP contribution in [0.25, 0.3) is 0 Å². The number of carbonyl (C=O) groups excluding carboxylic acids is 2. The number of likely N-dealkylation sites (N-methyl/N-ethyl adjacent to an activating group) is 1. The second-order valence-electron chi connectivity index (χ2n) is 19.2. The minimum atomic E-state index is -4.65. The number of unbranched alkanes of at least 4 members (excludes halogenated alkanes) is 27. The molecule has 0 rings (SSSR count). The molecule has 0 amide bonds. The fourth-order valence-electron chi connectivity index (χ4n) is 7.41.